The smallest absolute Gasteiger partial charge is 0.140 e. The summed E-state index contributed by atoms with van der Waals surface area (Å²) in [5.74, 6) is 0.00478. The molecular formula is C8H7FINO2S. The van der Waals surface area contributed by atoms with E-state index in [0.717, 1.165) is 0 Å². The maximum Gasteiger partial charge on any atom is 0.140 e. The van der Waals surface area contributed by atoms with Crippen molar-refractivity contribution >= 4 is 33.9 Å². The number of benzene rings is 1. The summed E-state index contributed by atoms with van der Waals surface area (Å²) in [6.45, 7) is 0.981. The Morgan fingerprint density at radius 2 is 2.36 bits per heavy atom. The second-order valence-corrected chi connectivity index (χ2v) is 5.93. The van der Waals surface area contributed by atoms with Crippen LogP contribution in [0.5, 0.6) is 5.75 Å². The fourth-order valence-corrected chi connectivity index (χ4v) is 2.92. The van der Waals surface area contributed by atoms with Gasteiger partial charge in [-0.25, -0.2) is 8.60 Å². The third kappa shape index (κ3) is 1.91. The van der Waals surface area contributed by atoms with E-state index in [-0.39, 0.29) is 5.82 Å². The highest BCUT2D eigenvalue weighted by Crippen LogP contribution is 2.28. The first-order valence-electron chi connectivity index (χ1n) is 3.96. The molecule has 1 heterocycles. The molecule has 6 heteroatoms. The number of hydrogen-bond donors (Lipinski definition) is 0. The van der Waals surface area contributed by atoms with E-state index in [1.165, 1.54) is 18.2 Å². The molecule has 0 radical (unpaired) electrons. The molecule has 1 atom stereocenters. The summed E-state index contributed by atoms with van der Waals surface area (Å²) < 4.78 is 31.6. The van der Waals surface area contributed by atoms with Gasteiger partial charge < -0.3 is 4.74 Å². The van der Waals surface area contributed by atoms with Crippen LogP contribution in [0, 0.1) is 5.82 Å². The van der Waals surface area contributed by atoms with Gasteiger partial charge in [0.15, 0.2) is 0 Å². The van der Waals surface area contributed by atoms with E-state index in [0.29, 0.717) is 23.8 Å². The topological polar surface area (TPSA) is 29.5 Å². The van der Waals surface area contributed by atoms with Gasteiger partial charge in [-0.2, -0.15) is 2.52 Å². The number of rotatable bonds is 0. The Balaban J connectivity index is 2.48. The van der Waals surface area contributed by atoms with Gasteiger partial charge in [-0.1, -0.05) is 0 Å². The molecule has 1 unspecified atom stereocenters. The maximum absolute atomic E-state index is 12.9. The van der Waals surface area contributed by atoms with Gasteiger partial charge in [0.05, 0.1) is 11.4 Å². The highest BCUT2D eigenvalue weighted by atomic mass is 127. The first-order chi connectivity index (χ1) is 6.68. The fourth-order valence-electron chi connectivity index (χ4n) is 1.16. The van der Waals surface area contributed by atoms with Crippen LogP contribution < -0.4 is 4.74 Å². The zero-order valence-electron chi connectivity index (χ0n) is 7.07. The van der Waals surface area contributed by atoms with Crippen molar-refractivity contribution in [1.29, 1.82) is 0 Å². The van der Waals surface area contributed by atoms with Gasteiger partial charge >= 0.3 is 0 Å². The number of hydrogen-bond acceptors (Lipinski definition) is 2. The summed E-state index contributed by atoms with van der Waals surface area (Å²) in [6, 6.07) is 4.05. The average molecular weight is 327 g/mol. The number of nitrogens with zero attached hydrogens (tertiary/aromatic N) is 1. The Labute approximate surface area is 97.3 Å². The van der Waals surface area contributed by atoms with Gasteiger partial charge in [0, 0.05) is 28.9 Å². The largest absolute Gasteiger partial charge is 0.491 e. The SMILES string of the molecule is O=S1c2ccc(F)cc2OCCN1I. The lowest BCUT2D eigenvalue weighted by atomic mass is 10.3. The van der Waals surface area contributed by atoms with Crippen LogP contribution in [-0.2, 0) is 11.0 Å². The highest BCUT2D eigenvalue weighted by molar-refractivity contribution is 14.1. The first kappa shape index (κ1) is 10.3. The minimum atomic E-state index is -1.26. The Morgan fingerprint density at radius 3 is 3.14 bits per heavy atom. The van der Waals surface area contributed by atoms with Crippen LogP contribution >= 0.6 is 22.9 Å². The van der Waals surface area contributed by atoms with E-state index in [9.17, 15) is 8.60 Å². The van der Waals surface area contributed by atoms with Crippen molar-refractivity contribution in [3.05, 3.63) is 24.0 Å². The fraction of sp³-hybridized carbons (Fsp3) is 0.250. The molecule has 14 heavy (non-hydrogen) atoms. The maximum atomic E-state index is 12.9. The number of fused-ring (bicyclic) bond motifs is 1. The van der Waals surface area contributed by atoms with Crippen molar-refractivity contribution in [2.75, 3.05) is 13.2 Å². The first-order valence-corrected chi connectivity index (χ1v) is 6.03. The molecule has 1 aliphatic rings. The van der Waals surface area contributed by atoms with Gasteiger partial charge in [-0.3, -0.25) is 0 Å². The molecule has 0 fully saturated rings. The molecule has 1 aliphatic heterocycles. The molecule has 0 spiro atoms. The van der Waals surface area contributed by atoms with Crippen LogP contribution in [0.1, 0.15) is 0 Å². The predicted octanol–water partition coefficient (Wildman–Crippen LogP) is 1.89. The minimum Gasteiger partial charge on any atom is -0.491 e. The van der Waals surface area contributed by atoms with Gasteiger partial charge in [0.1, 0.15) is 29.2 Å². The molecule has 76 valence electrons. The Morgan fingerprint density at radius 1 is 1.57 bits per heavy atom. The van der Waals surface area contributed by atoms with Crippen molar-refractivity contribution in [1.82, 2.24) is 2.52 Å². The summed E-state index contributed by atoms with van der Waals surface area (Å²) in [7, 11) is -1.26. The van der Waals surface area contributed by atoms with Crippen molar-refractivity contribution in [2.45, 2.75) is 4.90 Å². The zero-order chi connectivity index (χ0) is 10.1. The van der Waals surface area contributed by atoms with Crippen molar-refractivity contribution in [3.63, 3.8) is 0 Å². The lowest BCUT2D eigenvalue weighted by molar-refractivity contribution is 0.310. The van der Waals surface area contributed by atoms with Crippen LogP contribution in [0.4, 0.5) is 4.39 Å². The molecule has 0 bridgehead atoms. The predicted molar refractivity (Wildman–Crippen MR) is 59.0 cm³/mol. The Kier molecular flexibility index (Phi) is 3.03. The van der Waals surface area contributed by atoms with Gasteiger partial charge in [0.25, 0.3) is 0 Å². The molecule has 0 amide bonds. The lowest BCUT2D eigenvalue weighted by Gasteiger charge is -2.07. The van der Waals surface area contributed by atoms with Crippen molar-refractivity contribution < 1.29 is 13.3 Å². The molecule has 1 aromatic carbocycles. The third-order valence-corrected chi connectivity index (χ3v) is 4.61. The van der Waals surface area contributed by atoms with Crippen LogP contribution in [0.15, 0.2) is 23.1 Å². The standard InChI is InChI=1S/C8H7FINO2S/c9-6-1-2-8-7(5-6)13-4-3-11(10)14(8)12/h1-2,5H,3-4H2. The Bertz CT molecular complexity index is 388. The van der Waals surface area contributed by atoms with E-state index in [2.05, 4.69) is 0 Å². The summed E-state index contributed by atoms with van der Waals surface area (Å²) in [6.07, 6.45) is 0. The number of halogens is 2. The average Bonchev–Trinajstić information content (AvgIpc) is 2.28. The van der Waals surface area contributed by atoms with Crippen molar-refractivity contribution in [2.24, 2.45) is 0 Å². The van der Waals surface area contributed by atoms with Crippen LogP contribution in [0.3, 0.4) is 0 Å². The lowest BCUT2D eigenvalue weighted by Crippen LogP contribution is -2.17. The molecule has 3 nitrogen and oxygen atoms in total. The number of ether oxygens (including phenoxy) is 1. The van der Waals surface area contributed by atoms with E-state index >= 15 is 0 Å². The Hall–Kier alpha value is -0.210. The normalized spacial score (nSPS) is 22.3. The van der Waals surface area contributed by atoms with Crippen LogP contribution in [0.25, 0.3) is 0 Å². The molecule has 1 aromatic rings. The third-order valence-electron chi connectivity index (χ3n) is 1.80. The second kappa shape index (κ2) is 4.11. The van der Waals surface area contributed by atoms with Gasteiger partial charge in [-0.15, -0.1) is 0 Å². The molecule has 0 N–H and O–H groups in total. The summed E-state index contributed by atoms with van der Waals surface area (Å²) >= 11 is 1.97. The molecule has 0 aromatic heterocycles. The minimum absolute atomic E-state index is 0.373. The van der Waals surface area contributed by atoms with Crippen LogP contribution in [0.2, 0.25) is 0 Å². The van der Waals surface area contributed by atoms with E-state index in [4.69, 9.17) is 4.74 Å². The van der Waals surface area contributed by atoms with Gasteiger partial charge in [0.2, 0.25) is 0 Å². The van der Waals surface area contributed by atoms with Crippen LogP contribution in [-0.4, -0.2) is 19.9 Å². The quantitative estimate of drug-likeness (QED) is 0.538. The summed E-state index contributed by atoms with van der Waals surface area (Å²) in [5, 5.41) is 0. The summed E-state index contributed by atoms with van der Waals surface area (Å²) in [5.41, 5.74) is 0. The van der Waals surface area contributed by atoms with E-state index in [1.807, 2.05) is 22.9 Å². The molecular weight excluding hydrogens is 320 g/mol. The van der Waals surface area contributed by atoms with E-state index in [1.54, 1.807) is 2.52 Å². The highest BCUT2D eigenvalue weighted by Gasteiger charge is 2.21. The molecule has 0 aliphatic carbocycles. The van der Waals surface area contributed by atoms with E-state index < -0.39 is 11.0 Å². The molecule has 0 saturated carbocycles. The van der Waals surface area contributed by atoms with Gasteiger partial charge in [-0.05, 0) is 12.1 Å². The summed E-state index contributed by atoms with van der Waals surface area (Å²) in [4.78, 5) is 0.526. The monoisotopic (exact) mass is 327 g/mol. The zero-order valence-corrected chi connectivity index (χ0v) is 10.0. The molecule has 2 rings (SSSR count). The second-order valence-electron chi connectivity index (χ2n) is 2.73. The molecule has 0 saturated heterocycles. The van der Waals surface area contributed by atoms with Crippen molar-refractivity contribution in [3.8, 4) is 5.75 Å².